The highest BCUT2D eigenvalue weighted by Crippen LogP contribution is 2.31. The lowest BCUT2D eigenvalue weighted by molar-refractivity contribution is -0.153. The van der Waals surface area contributed by atoms with Gasteiger partial charge in [-0.2, -0.15) is 0 Å². The third-order valence-corrected chi connectivity index (χ3v) is 5.48. The zero-order valence-corrected chi connectivity index (χ0v) is 17.6. The Morgan fingerprint density at radius 3 is 2.80 bits per heavy atom. The quantitative estimate of drug-likeness (QED) is 0.407. The van der Waals surface area contributed by atoms with Gasteiger partial charge < -0.3 is 25.3 Å². The van der Waals surface area contributed by atoms with E-state index in [1.807, 2.05) is 30.5 Å². The SMILES string of the molecule is CC[C@](C)(Oc1cccc2c(C[C@@H](C)NC[C@H](O)c3cccnc3)c[nH]c12)C(=O)O. The molecule has 0 unspecified atom stereocenters. The van der Waals surface area contributed by atoms with Crippen LogP contribution >= 0.6 is 0 Å². The number of ether oxygens (including phenoxy) is 1. The number of pyridine rings is 1. The lowest BCUT2D eigenvalue weighted by Crippen LogP contribution is -2.40. The zero-order chi connectivity index (χ0) is 21.7. The predicted octanol–water partition coefficient (Wildman–Crippen LogP) is 3.45. The van der Waals surface area contributed by atoms with Gasteiger partial charge in [0, 0.05) is 42.1 Å². The van der Waals surface area contributed by atoms with Gasteiger partial charge in [-0.05, 0) is 44.4 Å². The minimum absolute atomic E-state index is 0.125. The molecule has 0 fully saturated rings. The van der Waals surface area contributed by atoms with Crippen LogP contribution in [0.3, 0.4) is 0 Å². The average molecular weight is 412 g/mol. The van der Waals surface area contributed by atoms with Crippen LogP contribution in [-0.4, -0.2) is 44.3 Å². The minimum atomic E-state index is -1.28. The van der Waals surface area contributed by atoms with E-state index >= 15 is 0 Å². The number of carboxylic acid groups (broad SMARTS) is 1. The van der Waals surface area contributed by atoms with Gasteiger partial charge in [-0.25, -0.2) is 4.79 Å². The Morgan fingerprint density at radius 2 is 2.13 bits per heavy atom. The summed E-state index contributed by atoms with van der Waals surface area (Å²) in [6.07, 6.45) is 5.75. The number of aromatic nitrogens is 2. The number of para-hydroxylation sites is 1. The zero-order valence-electron chi connectivity index (χ0n) is 17.6. The first-order chi connectivity index (χ1) is 14.3. The third kappa shape index (κ3) is 4.80. The molecule has 0 aliphatic rings. The Hall–Kier alpha value is -2.90. The first-order valence-corrected chi connectivity index (χ1v) is 10.2. The summed E-state index contributed by atoms with van der Waals surface area (Å²) in [6, 6.07) is 9.44. The fourth-order valence-electron chi connectivity index (χ4n) is 3.35. The van der Waals surface area contributed by atoms with Crippen molar-refractivity contribution in [3.63, 3.8) is 0 Å². The molecule has 3 rings (SSSR count). The number of benzene rings is 1. The van der Waals surface area contributed by atoms with Crippen LogP contribution in [0.1, 0.15) is 44.4 Å². The van der Waals surface area contributed by atoms with Crippen LogP contribution in [0.5, 0.6) is 5.75 Å². The van der Waals surface area contributed by atoms with Gasteiger partial charge in [0.25, 0.3) is 0 Å². The number of aliphatic hydroxyl groups is 1. The number of carboxylic acids is 1. The molecule has 7 heteroatoms. The van der Waals surface area contributed by atoms with Crippen LogP contribution in [-0.2, 0) is 11.2 Å². The summed E-state index contributed by atoms with van der Waals surface area (Å²) in [5, 5.41) is 24.2. The molecular formula is C23H29N3O4. The van der Waals surface area contributed by atoms with E-state index in [-0.39, 0.29) is 6.04 Å². The van der Waals surface area contributed by atoms with Gasteiger partial charge in [-0.15, -0.1) is 0 Å². The van der Waals surface area contributed by atoms with Crippen LogP contribution in [0.2, 0.25) is 0 Å². The predicted molar refractivity (Wildman–Crippen MR) is 116 cm³/mol. The fraction of sp³-hybridized carbons (Fsp3) is 0.391. The van der Waals surface area contributed by atoms with Crippen molar-refractivity contribution >= 4 is 16.9 Å². The lowest BCUT2D eigenvalue weighted by Gasteiger charge is -2.25. The van der Waals surface area contributed by atoms with E-state index in [9.17, 15) is 15.0 Å². The van der Waals surface area contributed by atoms with Crippen molar-refractivity contribution in [3.05, 3.63) is 60.0 Å². The highest BCUT2D eigenvalue weighted by atomic mass is 16.5. The Morgan fingerprint density at radius 1 is 1.33 bits per heavy atom. The van der Waals surface area contributed by atoms with Crippen LogP contribution in [0.15, 0.2) is 48.9 Å². The molecule has 0 aliphatic heterocycles. The van der Waals surface area contributed by atoms with Gasteiger partial charge in [-0.1, -0.05) is 25.1 Å². The minimum Gasteiger partial charge on any atom is -0.478 e. The molecule has 0 amide bonds. The monoisotopic (exact) mass is 411 g/mol. The highest BCUT2D eigenvalue weighted by Gasteiger charge is 2.34. The van der Waals surface area contributed by atoms with Gasteiger partial charge >= 0.3 is 5.97 Å². The van der Waals surface area contributed by atoms with Gasteiger partial charge in [0.1, 0.15) is 5.75 Å². The molecule has 0 saturated heterocycles. The van der Waals surface area contributed by atoms with E-state index in [1.54, 1.807) is 32.3 Å². The maximum Gasteiger partial charge on any atom is 0.347 e. The molecular weight excluding hydrogens is 382 g/mol. The number of aromatic amines is 1. The first kappa shape index (κ1) is 21.8. The number of hydrogen-bond donors (Lipinski definition) is 4. The molecule has 1 aromatic carbocycles. The van der Waals surface area contributed by atoms with Crippen LogP contribution in [0.25, 0.3) is 10.9 Å². The number of H-pyrrole nitrogens is 1. The Labute approximate surface area is 176 Å². The van der Waals surface area contributed by atoms with Crippen molar-refractivity contribution in [3.8, 4) is 5.75 Å². The number of hydrogen-bond acceptors (Lipinski definition) is 5. The summed E-state index contributed by atoms with van der Waals surface area (Å²) in [4.78, 5) is 18.9. The molecule has 30 heavy (non-hydrogen) atoms. The van der Waals surface area contributed by atoms with Crippen molar-refractivity contribution in [1.82, 2.24) is 15.3 Å². The Bertz CT molecular complexity index is 989. The molecule has 0 spiro atoms. The molecule has 7 nitrogen and oxygen atoms in total. The molecule has 3 aromatic rings. The van der Waals surface area contributed by atoms with Crippen molar-refractivity contribution in [2.45, 2.75) is 51.4 Å². The van der Waals surface area contributed by atoms with E-state index in [1.165, 1.54) is 0 Å². The standard InChI is InChI=1S/C23H29N3O4/c1-4-23(3,22(28)29)30-20-9-5-8-18-17(13-26-21(18)20)11-15(2)25-14-19(27)16-7-6-10-24-12-16/h5-10,12-13,15,19,25-27H,4,11,14H2,1-3H3,(H,28,29)/t15-,19+,23+/m1/s1. The van der Waals surface area contributed by atoms with Crippen molar-refractivity contribution < 1.29 is 19.7 Å². The summed E-state index contributed by atoms with van der Waals surface area (Å²) in [5.41, 5.74) is 1.39. The summed E-state index contributed by atoms with van der Waals surface area (Å²) >= 11 is 0. The van der Waals surface area contributed by atoms with Crippen molar-refractivity contribution in [2.75, 3.05) is 6.54 Å². The second-order valence-electron chi connectivity index (χ2n) is 7.80. The fourth-order valence-corrected chi connectivity index (χ4v) is 3.35. The van der Waals surface area contributed by atoms with Crippen molar-refractivity contribution in [1.29, 1.82) is 0 Å². The average Bonchev–Trinajstić information content (AvgIpc) is 3.16. The second-order valence-corrected chi connectivity index (χ2v) is 7.80. The van der Waals surface area contributed by atoms with Gasteiger partial charge in [0.15, 0.2) is 0 Å². The summed E-state index contributed by atoms with van der Waals surface area (Å²) in [7, 11) is 0. The second kappa shape index (κ2) is 9.28. The number of nitrogens with zero attached hydrogens (tertiary/aromatic N) is 1. The molecule has 0 bridgehead atoms. The molecule has 0 saturated carbocycles. The Kier molecular flexibility index (Phi) is 6.74. The van der Waals surface area contributed by atoms with Gasteiger partial charge in [-0.3, -0.25) is 4.98 Å². The topological polar surface area (TPSA) is 107 Å². The van der Waals surface area contributed by atoms with Gasteiger partial charge in [0.05, 0.1) is 11.6 Å². The third-order valence-electron chi connectivity index (χ3n) is 5.48. The maximum atomic E-state index is 11.6. The normalized spacial score (nSPS) is 15.5. The molecule has 160 valence electrons. The highest BCUT2D eigenvalue weighted by molar-refractivity contribution is 5.89. The first-order valence-electron chi connectivity index (χ1n) is 10.2. The number of carbonyl (C=O) groups is 1. The molecule has 0 aliphatic carbocycles. The summed E-state index contributed by atoms with van der Waals surface area (Å²) in [6.45, 7) is 5.87. The molecule has 2 heterocycles. The summed E-state index contributed by atoms with van der Waals surface area (Å²) in [5.74, 6) is -0.461. The van der Waals surface area contributed by atoms with E-state index in [0.29, 0.717) is 18.7 Å². The van der Waals surface area contributed by atoms with Crippen LogP contribution < -0.4 is 10.1 Å². The van der Waals surface area contributed by atoms with Gasteiger partial charge in [0.2, 0.25) is 5.60 Å². The van der Waals surface area contributed by atoms with E-state index in [2.05, 4.69) is 22.2 Å². The van der Waals surface area contributed by atoms with Crippen molar-refractivity contribution in [2.24, 2.45) is 0 Å². The van der Waals surface area contributed by atoms with E-state index in [4.69, 9.17) is 4.74 Å². The number of aliphatic hydroxyl groups excluding tert-OH is 1. The molecule has 4 N–H and O–H groups in total. The number of nitrogens with one attached hydrogen (secondary N) is 2. The molecule has 2 aromatic heterocycles. The molecule has 0 radical (unpaired) electrons. The molecule has 3 atom stereocenters. The maximum absolute atomic E-state index is 11.6. The van der Waals surface area contributed by atoms with E-state index in [0.717, 1.165) is 28.5 Å². The van der Waals surface area contributed by atoms with Crippen LogP contribution in [0.4, 0.5) is 0 Å². The largest absolute Gasteiger partial charge is 0.478 e. The Balaban J connectivity index is 1.69. The van der Waals surface area contributed by atoms with Crippen LogP contribution in [0, 0.1) is 0 Å². The number of fused-ring (bicyclic) bond motifs is 1. The summed E-state index contributed by atoms with van der Waals surface area (Å²) < 4.78 is 5.89. The number of rotatable bonds is 10. The lowest BCUT2D eigenvalue weighted by atomic mass is 10.0. The smallest absolute Gasteiger partial charge is 0.347 e. The number of aliphatic carboxylic acids is 1. The van der Waals surface area contributed by atoms with E-state index < -0.39 is 17.7 Å².